The lowest BCUT2D eigenvalue weighted by atomic mass is 9.77. The fraction of sp³-hybridized carbons (Fsp3) is 0.611. The summed E-state index contributed by atoms with van der Waals surface area (Å²) in [6.07, 6.45) is 4.04. The highest BCUT2D eigenvalue weighted by Gasteiger charge is 2.24. The highest BCUT2D eigenvalue weighted by atomic mass is 35.5. The lowest BCUT2D eigenvalue weighted by Crippen LogP contribution is -2.34. The lowest BCUT2D eigenvalue weighted by molar-refractivity contribution is 0.0295. The van der Waals surface area contributed by atoms with Crippen molar-refractivity contribution >= 4 is 36.0 Å². The van der Waals surface area contributed by atoms with Crippen molar-refractivity contribution in [3.8, 4) is 0 Å². The van der Waals surface area contributed by atoms with Crippen molar-refractivity contribution in [3.63, 3.8) is 0 Å². The Morgan fingerprint density at radius 1 is 1.23 bits per heavy atom. The maximum Gasteiger partial charge on any atom is 0.490 e. The third kappa shape index (κ3) is 6.07. The van der Waals surface area contributed by atoms with Gasteiger partial charge in [-0.25, -0.2) is 4.79 Å². The Bertz CT molecular complexity index is 628. The number of fused-ring (bicyclic) bond motifs is 1. The van der Waals surface area contributed by atoms with Crippen molar-refractivity contribution < 1.29 is 19.6 Å². The minimum Gasteiger partial charge on any atom is -0.444 e. The molecule has 2 aliphatic heterocycles. The number of nitrogens with zero attached hydrogens (tertiary/aromatic N) is 1. The average molecular weight is 383 g/mol. The molecule has 1 fully saturated rings. The molecule has 0 spiro atoms. The molecule has 0 radical (unpaired) electrons. The summed E-state index contributed by atoms with van der Waals surface area (Å²) in [6.45, 7) is 8.25. The van der Waals surface area contributed by atoms with E-state index < -0.39 is 7.12 Å². The Kier molecular flexibility index (Phi) is 7.20. The van der Waals surface area contributed by atoms with E-state index >= 15 is 0 Å². The number of anilines is 1. The van der Waals surface area contributed by atoms with Gasteiger partial charge in [0.2, 0.25) is 0 Å². The van der Waals surface area contributed by atoms with Crippen LogP contribution in [0.4, 0.5) is 10.5 Å². The van der Waals surface area contributed by atoms with Crippen LogP contribution in [0.1, 0.15) is 45.6 Å². The molecule has 3 N–H and O–H groups in total. The summed E-state index contributed by atoms with van der Waals surface area (Å²) < 4.78 is 5.21. The van der Waals surface area contributed by atoms with Crippen molar-refractivity contribution in [2.75, 3.05) is 25.0 Å². The number of hydrogen-bond acceptors (Lipinski definition) is 5. The Morgan fingerprint density at radius 2 is 1.88 bits per heavy atom. The molecule has 8 heteroatoms. The molecule has 1 aromatic carbocycles. The summed E-state index contributed by atoms with van der Waals surface area (Å²) in [5.74, 6) is 0. The maximum atomic E-state index is 11.4. The zero-order valence-corrected chi connectivity index (χ0v) is 16.5. The number of halogens is 1. The molecule has 0 aromatic heterocycles. The molecule has 6 nitrogen and oxygen atoms in total. The first-order chi connectivity index (χ1) is 12.2. The predicted molar refractivity (Wildman–Crippen MR) is 105 cm³/mol. The van der Waals surface area contributed by atoms with Crippen LogP contribution >= 0.6 is 11.6 Å². The van der Waals surface area contributed by atoms with E-state index in [2.05, 4.69) is 5.32 Å². The number of likely N-dealkylation sites (tertiary alicyclic amines) is 1. The monoisotopic (exact) mass is 382 g/mol. The summed E-state index contributed by atoms with van der Waals surface area (Å²) in [6, 6.07) is 3.46. The molecule has 0 bridgehead atoms. The summed E-state index contributed by atoms with van der Waals surface area (Å²) in [4.78, 5) is 13.1. The third-order valence-electron chi connectivity index (χ3n) is 4.18. The molecular formula is C18H28BClN2O4. The fourth-order valence-corrected chi connectivity index (χ4v) is 3.27. The van der Waals surface area contributed by atoms with Gasteiger partial charge in [-0.05, 0) is 64.2 Å². The van der Waals surface area contributed by atoms with Crippen molar-refractivity contribution in [2.24, 2.45) is 0 Å². The first kappa shape index (κ1) is 20.9. The van der Waals surface area contributed by atoms with E-state index in [4.69, 9.17) is 26.4 Å². The maximum absolute atomic E-state index is 11.4. The molecule has 3 rings (SSSR count). The molecular weight excluding hydrogens is 354 g/mol. The van der Waals surface area contributed by atoms with Crippen molar-refractivity contribution in [1.29, 1.82) is 0 Å². The molecule has 26 heavy (non-hydrogen) atoms. The highest BCUT2D eigenvalue weighted by molar-refractivity contribution is 6.61. The quantitative estimate of drug-likeness (QED) is 0.650. The zero-order valence-electron chi connectivity index (χ0n) is 15.7. The Balaban J connectivity index is 0.000000190. The van der Waals surface area contributed by atoms with Crippen LogP contribution in [0.25, 0.3) is 0 Å². The molecule has 1 aromatic rings. The van der Waals surface area contributed by atoms with Crippen molar-refractivity contribution in [1.82, 2.24) is 4.90 Å². The van der Waals surface area contributed by atoms with Gasteiger partial charge in [-0.3, -0.25) is 0 Å². The zero-order chi connectivity index (χ0) is 19.3. The van der Waals surface area contributed by atoms with E-state index in [9.17, 15) is 4.79 Å². The van der Waals surface area contributed by atoms with Crippen LogP contribution in [0.2, 0.25) is 5.02 Å². The van der Waals surface area contributed by atoms with Gasteiger partial charge < -0.3 is 25.0 Å². The molecule has 0 aliphatic carbocycles. The van der Waals surface area contributed by atoms with Gasteiger partial charge in [-0.2, -0.15) is 0 Å². The van der Waals surface area contributed by atoms with E-state index in [0.29, 0.717) is 10.5 Å². The number of ether oxygens (including phenoxy) is 1. The predicted octanol–water partition coefficient (Wildman–Crippen LogP) is 2.40. The van der Waals surface area contributed by atoms with Gasteiger partial charge in [-0.1, -0.05) is 11.6 Å². The molecule has 2 aliphatic rings. The summed E-state index contributed by atoms with van der Waals surface area (Å²) in [7, 11) is -1.46. The van der Waals surface area contributed by atoms with Gasteiger partial charge in [0.25, 0.3) is 0 Å². The van der Waals surface area contributed by atoms with Gasteiger partial charge in [0.1, 0.15) is 5.60 Å². The number of carbonyl (C=O) groups is 1. The van der Waals surface area contributed by atoms with Crippen LogP contribution in [-0.2, 0) is 11.2 Å². The van der Waals surface area contributed by atoms with Crippen LogP contribution in [0.3, 0.4) is 0 Å². The van der Waals surface area contributed by atoms with Crippen molar-refractivity contribution in [2.45, 2.75) is 52.1 Å². The van der Waals surface area contributed by atoms with Gasteiger partial charge >= 0.3 is 13.2 Å². The SMILES string of the molecule is CC(C)(C)OC(=O)N1CCCC1.OB(O)c1cc(Cl)cc2c1NCCC2. The van der Waals surface area contributed by atoms with E-state index in [-0.39, 0.29) is 11.7 Å². The summed E-state index contributed by atoms with van der Waals surface area (Å²) >= 11 is 5.88. The summed E-state index contributed by atoms with van der Waals surface area (Å²) in [5, 5.41) is 22.0. The van der Waals surface area contributed by atoms with Crippen LogP contribution in [0.5, 0.6) is 0 Å². The number of rotatable bonds is 1. The third-order valence-corrected chi connectivity index (χ3v) is 4.39. The number of carbonyl (C=O) groups excluding carboxylic acids is 1. The van der Waals surface area contributed by atoms with E-state index in [1.165, 1.54) is 0 Å². The van der Waals surface area contributed by atoms with Gasteiger partial charge in [0.05, 0.1) is 0 Å². The molecule has 1 amide bonds. The second-order valence-corrected chi connectivity index (χ2v) is 8.04. The number of aryl methyl sites for hydroxylation is 1. The lowest BCUT2D eigenvalue weighted by Gasteiger charge is -2.23. The normalized spacial score (nSPS) is 16.2. The number of nitrogens with one attached hydrogen (secondary N) is 1. The van der Waals surface area contributed by atoms with Crippen molar-refractivity contribution in [3.05, 3.63) is 22.7 Å². The largest absolute Gasteiger partial charge is 0.490 e. The standard InChI is InChI=1S/C9H11BClNO2.C9H17NO2/c11-7-4-6-2-1-3-12-9(6)8(5-7)10(13)14;1-9(2,3)12-8(11)10-6-4-5-7-10/h4-5,12-14H,1-3H2;4-7H2,1-3H3. The summed E-state index contributed by atoms with van der Waals surface area (Å²) in [5.41, 5.74) is 1.99. The highest BCUT2D eigenvalue weighted by Crippen LogP contribution is 2.23. The van der Waals surface area contributed by atoms with Gasteiger partial charge in [-0.15, -0.1) is 0 Å². The number of hydrogen-bond donors (Lipinski definition) is 3. The van der Waals surface area contributed by atoms with Gasteiger partial charge in [0.15, 0.2) is 0 Å². The Labute approximate surface area is 160 Å². The second-order valence-electron chi connectivity index (χ2n) is 7.61. The first-order valence-corrected chi connectivity index (χ1v) is 9.45. The molecule has 0 saturated carbocycles. The first-order valence-electron chi connectivity index (χ1n) is 9.07. The van der Waals surface area contributed by atoms with E-state index in [1.54, 1.807) is 11.0 Å². The van der Waals surface area contributed by atoms with Gasteiger partial charge in [0, 0.05) is 35.8 Å². The van der Waals surface area contributed by atoms with Crippen LogP contribution in [0.15, 0.2) is 12.1 Å². The number of amides is 1. The number of benzene rings is 1. The topological polar surface area (TPSA) is 82.0 Å². The molecule has 2 heterocycles. The molecule has 0 atom stereocenters. The molecule has 0 unspecified atom stereocenters. The Morgan fingerprint density at radius 3 is 2.46 bits per heavy atom. The minimum atomic E-state index is -1.46. The van der Waals surface area contributed by atoms with Crippen LogP contribution in [-0.4, -0.2) is 53.4 Å². The average Bonchev–Trinajstić information content (AvgIpc) is 3.07. The molecule has 144 valence electrons. The second kappa shape index (κ2) is 8.97. The minimum absolute atomic E-state index is 0.167. The van der Waals surface area contributed by atoms with Crippen LogP contribution < -0.4 is 10.8 Å². The Hall–Kier alpha value is -1.44. The smallest absolute Gasteiger partial charge is 0.444 e. The van der Waals surface area contributed by atoms with E-state index in [1.807, 2.05) is 26.8 Å². The van der Waals surface area contributed by atoms with Crippen LogP contribution in [0, 0.1) is 0 Å². The van der Waals surface area contributed by atoms with E-state index in [0.717, 1.165) is 56.6 Å². The molecule has 1 saturated heterocycles. The fourth-order valence-electron chi connectivity index (χ4n) is 3.02.